The van der Waals surface area contributed by atoms with Crippen LogP contribution in [0.25, 0.3) is 17.1 Å². The fourth-order valence-electron chi connectivity index (χ4n) is 5.02. The number of aromatic nitrogens is 5. The van der Waals surface area contributed by atoms with Crippen molar-refractivity contribution in [3.05, 3.63) is 41.6 Å². The minimum atomic E-state index is -0.869. The molecule has 0 aliphatic carbocycles. The number of nitrogens with zero attached hydrogens (tertiary/aromatic N) is 6. The van der Waals surface area contributed by atoms with Crippen molar-refractivity contribution in [3.63, 3.8) is 0 Å². The van der Waals surface area contributed by atoms with Gasteiger partial charge in [0.15, 0.2) is 11.6 Å². The van der Waals surface area contributed by atoms with E-state index in [1.54, 1.807) is 16.9 Å². The number of hydrogen-bond donors (Lipinski definition) is 0. The van der Waals surface area contributed by atoms with Crippen LogP contribution in [0, 0.1) is 11.7 Å². The number of pyridine rings is 1. The quantitative estimate of drug-likeness (QED) is 0.532. The molecule has 1 fully saturated rings. The number of rotatable bonds is 6. The van der Waals surface area contributed by atoms with Crippen molar-refractivity contribution in [2.75, 3.05) is 33.4 Å². The van der Waals surface area contributed by atoms with Gasteiger partial charge in [0.25, 0.3) is 5.88 Å². The molecule has 35 heavy (non-hydrogen) atoms. The zero-order valence-corrected chi connectivity index (χ0v) is 20.5. The predicted octanol–water partition coefficient (Wildman–Crippen LogP) is 3.46. The number of piperidine rings is 1. The van der Waals surface area contributed by atoms with E-state index in [0.29, 0.717) is 51.0 Å². The molecule has 0 radical (unpaired) electrons. The Bertz CT molecular complexity index is 1180. The summed E-state index contributed by atoms with van der Waals surface area (Å²) >= 11 is 0. The molecule has 0 bridgehead atoms. The average molecular weight is 487 g/mol. The molecule has 1 saturated heterocycles. The van der Waals surface area contributed by atoms with Crippen LogP contribution in [0.15, 0.2) is 24.5 Å². The molecule has 2 atom stereocenters. The maximum absolute atomic E-state index is 14.9. The standard InChI is InChI=1S/C25H32F2N6O2/c1-16(2)31-9-6-17(21(27)15-31)13-32-14-18(12-28-32)24-19-7-10-35-11-8-22(19)33(30-24)23-5-4-20(26)25(29-23)34-3/h4-5,12,14,16-17,21H,6-11,13,15H2,1-3H3. The molecule has 0 spiro atoms. The first-order chi connectivity index (χ1) is 16.9. The van der Waals surface area contributed by atoms with Crippen LogP contribution in [0.5, 0.6) is 5.88 Å². The summed E-state index contributed by atoms with van der Waals surface area (Å²) in [7, 11) is 1.39. The van der Waals surface area contributed by atoms with Gasteiger partial charge in [-0.15, -0.1) is 0 Å². The van der Waals surface area contributed by atoms with Crippen molar-refractivity contribution in [2.45, 2.75) is 51.9 Å². The highest BCUT2D eigenvalue weighted by Crippen LogP contribution is 2.31. The molecule has 10 heteroatoms. The van der Waals surface area contributed by atoms with Crippen molar-refractivity contribution in [2.24, 2.45) is 5.92 Å². The lowest BCUT2D eigenvalue weighted by Crippen LogP contribution is -2.46. The maximum Gasteiger partial charge on any atom is 0.252 e. The summed E-state index contributed by atoms with van der Waals surface area (Å²) in [4.78, 5) is 6.50. The number of ether oxygens (including phenoxy) is 2. The van der Waals surface area contributed by atoms with Crippen LogP contribution >= 0.6 is 0 Å². The highest BCUT2D eigenvalue weighted by molar-refractivity contribution is 5.63. The largest absolute Gasteiger partial charge is 0.479 e. The average Bonchev–Trinajstić information content (AvgIpc) is 3.37. The van der Waals surface area contributed by atoms with Gasteiger partial charge in [-0.2, -0.15) is 15.2 Å². The molecule has 2 aliphatic heterocycles. The molecule has 0 saturated carbocycles. The number of fused-ring (bicyclic) bond motifs is 1. The number of halogens is 2. The Balaban J connectivity index is 1.43. The van der Waals surface area contributed by atoms with Crippen molar-refractivity contribution in [1.82, 2.24) is 29.4 Å². The monoisotopic (exact) mass is 486 g/mol. The second-order valence-electron chi connectivity index (χ2n) is 9.56. The van der Waals surface area contributed by atoms with Gasteiger partial charge >= 0.3 is 0 Å². The zero-order chi connectivity index (χ0) is 24.5. The van der Waals surface area contributed by atoms with E-state index in [0.717, 1.165) is 35.5 Å². The molecular weight excluding hydrogens is 454 g/mol. The smallest absolute Gasteiger partial charge is 0.252 e. The van der Waals surface area contributed by atoms with Crippen LogP contribution in [0.2, 0.25) is 0 Å². The summed E-state index contributed by atoms with van der Waals surface area (Å²) in [5.74, 6) is -0.172. The zero-order valence-electron chi connectivity index (χ0n) is 20.5. The van der Waals surface area contributed by atoms with Crippen LogP contribution in [0.4, 0.5) is 8.78 Å². The Labute approximate surface area is 203 Å². The van der Waals surface area contributed by atoms with Crippen molar-refractivity contribution < 1.29 is 18.3 Å². The molecule has 2 aliphatic rings. The van der Waals surface area contributed by atoms with E-state index in [9.17, 15) is 8.78 Å². The van der Waals surface area contributed by atoms with E-state index in [4.69, 9.17) is 14.6 Å². The summed E-state index contributed by atoms with van der Waals surface area (Å²) in [5.41, 5.74) is 3.72. The first-order valence-electron chi connectivity index (χ1n) is 12.2. The third-order valence-electron chi connectivity index (χ3n) is 7.05. The topological polar surface area (TPSA) is 70.2 Å². The number of likely N-dealkylation sites (tertiary alicyclic amines) is 1. The Morgan fingerprint density at radius 1 is 1.23 bits per heavy atom. The second-order valence-corrected chi connectivity index (χ2v) is 9.56. The first kappa shape index (κ1) is 23.9. The maximum atomic E-state index is 14.9. The van der Waals surface area contributed by atoms with Gasteiger partial charge in [0.2, 0.25) is 0 Å². The Morgan fingerprint density at radius 3 is 2.83 bits per heavy atom. The molecule has 2 unspecified atom stereocenters. The lowest BCUT2D eigenvalue weighted by molar-refractivity contribution is 0.0563. The van der Waals surface area contributed by atoms with E-state index < -0.39 is 12.0 Å². The van der Waals surface area contributed by atoms with Gasteiger partial charge in [-0.3, -0.25) is 9.58 Å². The molecule has 3 aromatic rings. The van der Waals surface area contributed by atoms with E-state index in [1.807, 2.05) is 10.9 Å². The molecule has 0 N–H and O–H groups in total. The van der Waals surface area contributed by atoms with Crippen molar-refractivity contribution in [1.29, 1.82) is 0 Å². The molecule has 5 heterocycles. The molecule has 8 nitrogen and oxygen atoms in total. The number of methoxy groups -OCH3 is 1. The fourth-order valence-corrected chi connectivity index (χ4v) is 5.02. The van der Waals surface area contributed by atoms with Gasteiger partial charge < -0.3 is 9.47 Å². The van der Waals surface area contributed by atoms with Crippen LogP contribution in [0.1, 0.15) is 31.5 Å². The Morgan fingerprint density at radius 2 is 2.06 bits per heavy atom. The van der Waals surface area contributed by atoms with Crippen LogP contribution in [-0.2, 0) is 24.1 Å². The molecule has 0 aromatic carbocycles. The Hall–Kier alpha value is -2.85. The van der Waals surface area contributed by atoms with E-state index in [2.05, 4.69) is 28.8 Å². The first-order valence-corrected chi connectivity index (χ1v) is 12.2. The molecule has 0 amide bonds. The van der Waals surface area contributed by atoms with Crippen LogP contribution < -0.4 is 4.74 Å². The summed E-state index contributed by atoms with van der Waals surface area (Å²) in [6.45, 7) is 7.30. The van der Waals surface area contributed by atoms with Crippen molar-refractivity contribution >= 4 is 0 Å². The molecule has 188 valence electrons. The molecule has 3 aromatic heterocycles. The summed E-state index contributed by atoms with van der Waals surface area (Å²) in [6.07, 6.45) is 5.04. The normalized spacial score (nSPS) is 21.2. The molecular formula is C25H32F2N6O2. The fraction of sp³-hybridized carbons (Fsp3) is 0.560. The molecule has 5 rings (SSSR count). The third-order valence-corrected chi connectivity index (χ3v) is 7.05. The summed E-state index contributed by atoms with van der Waals surface area (Å²) in [6, 6.07) is 3.28. The minimum Gasteiger partial charge on any atom is -0.479 e. The SMILES string of the molecule is COc1nc(-n2nc(-c3cnn(CC4CCN(C(C)C)CC4F)c3)c3c2CCOCC3)ccc1F. The van der Waals surface area contributed by atoms with E-state index in [1.165, 1.54) is 13.2 Å². The van der Waals surface area contributed by atoms with Gasteiger partial charge in [0.1, 0.15) is 6.17 Å². The van der Waals surface area contributed by atoms with Gasteiger partial charge in [0, 0.05) is 48.8 Å². The Kier molecular flexibility index (Phi) is 6.84. The van der Waals surface area contributed by atoms with Crippen molar-refractivity contribution in [3.8, 4) is 23.0 Å². The lowest BCUT2D eigenvalue weighted by Gasteiger charge is -2.36. The third kappa shape index (κ3) is 4.81. The summed E-state index contributed by atoms with van der Waals surface area (Å²) < 4.78 is 43.2. The van der Waals surface area contributed by atoms with Crippen LogP contribution in [0.3, 0.4) is 0 Å². The van der Waals surface area contributed by atoms with Gasteiger partial charge in [0.05, 0.1) is 37.9 Å². The number of hydrogen-bond acceptors (Lipinski definition) is 6. The van der Waals surface area contributed by atoms with E-state index in [-0.39, 0.29) is 11.8 Å². The van der Waals surface area contributed by atoms with Gasteiger partial charge in [-0.25, -0.2) is 13.5 Å². The van der Waals surface area contributed by atoms with Crippen LogP contribution in [-0.4, -0.2) is 75.1 Å². The number of alkyl halides is 1. The summed E-state index contributed by atoms with van der Waals surface area (Å²) in [5, 5.41) is 9.41. The predicted molar refractivity (Wildman–Crippen MR) is 127 cm³/mol. The highest BCUT2D eigenvalue weighted by atomic mass is 19.1. The van der Waals surface area contributed by atoms with Gasteiger partial charge in [-0.1, -0.05) is 0 Å². The van der Waals surface area contributed by atoms with E-state index >= 15 is 0 Å². The second kappa shape index (κ2) is 10.0. The lowest BCUT2D eigenvalue weighted by atomic mass is 9.94. The highest BCUT2D eigenvalue weighted by Gasteiger charge is 2.31. The van der Waals surface area contributed by atoms with Gasteiger partial charge in [-0.05, 0) is 45.4 Å². The minimum absolute atomic E-state index is 0.0586.